The Hall–Kier alpha value is -1.88. The van der Waals surface area contributed by atoms with Crippen LogP contribution in [-0.2, 0) is 16.0 Å². The molecule has 1 fully saturated rings. The van der Waals surface area contributed by atoms with Crippen molar-refractivity contribution in [1.29, 1.82) is 0 Å². The van der Waals surface area contributed by atoms with E-state index in [0.29, 0.717) is 6.42 Å². The zero-order valence-corrected chi connectivity index (χ0v) is 12.4. The van der Waals surface area contributed by atoms with Crippen LogP contribution in [0.5, 0.6) is 0 Å². The second-order valence-corrected chi connectivity index (χ2v) is 6.60. The summed E-state index contributed by atoms with van der Waals surface area (Å²) in [4.78, 5) is 23.2. The SMILES string of the molecule is O=C(O)CC1(NC(=O)Cc2csc3ccccc23)CCC1. The van der Waals surface area contributed by atoms with Crippen LogP contribution in [-0.4, -0.2) is 22.5 Å². The van der Waals surface area contributed by atoms with E-state index in [0.717, 1.165) is 30.2 Å². The Bertz CT molecular complexity index is 688. The van der Waals surface area contributed by atoms with Gasteiger partial charge in [-0.3, -0.25) is 9.59 Å². The molecule has 5 heteroatoms. The highest BCUT2D eigenvalue weighted by Crippen LogP contribution is 2.35. The fourth-order valence-electron chi connectivity index (χ4n) is 2.92. The highest BCUT2D eigenvalue weighted by molar-refractivity contribution is 7.17. The Morgan fingerprint density at radius 1 is 1.29 bits per heavy atom. The predicted molar refractivity (Wildman–Crippen MR) is 82.5 cm³/mol. The van der Waals surface area contributed by atoms with Gasteiger partial charge in [0.25, 0.3) is 0 Å². The van der Waals surface area contributed by atoms with Gasteiger partial charge in [0.2, 0.25) is 5.91 Å². The van der Waals surface area contributed by atoms with Crippen molar-refractivity contribution in [3.63, 3.8) is 0 Å². The molecule has 0 spiro atoms. The first-order valence-electron chi connectivity index (χ1n) is 7.06. The van der Waals surface area contributed by atoms with Gasteiger partial charge in [0.15, 0.2) is 0 Å². The van der Waals surface area contributed by atoms with E-state index in [4.69, 9.17) is 5.11 Å². The van der Waals surface area contributed by atoms with Gasteiger partial charge < -0.3 is 10.4 Å². The standard InChI is InChI=1S/C16H17NO3S/c18-14(17-16(6-3-7-16)9-15(19)20)8-11-10-21-13-5-2-1-4-12(11)13/h1-2,4-5,10H,3,6-9H2,(H,17,18)(H,19,20). The summed E-state index contributed by atoms with van der Waals surface area (Å²) in [5, 5.41) is 15.0. The molecule has 1 saturated carbocycles. The lowest BCUT2D eigenvalue weighted by molar-refractivity contribution is -0.140. The van der Waals surface area contributed by atoms with Gasteiger partial charge >= 0.3 is 5.97 Å². The van der Waals surface area contributed by atoms with E-state index < -0.39 is 11.5 Å². The molecule has 0 aliphatic heterocycles. The van der Waals surface area contributed by atoms with Crippen molar-refractivity contribution < 1.29 is 14.7 Å². The number of benzene rings is 1. The maximum atomic E-state index is 12.2. The number of hydrogen-bond acceptors (Lipinski definition) is 3. The summed E-state index contributed by atoms with van der Waals surface area (Å²) < 4.78 is 1.17. The minimum atomic E-state index is -0.851. The van der Waals surface area contributed by atoms with Crippen molar-refractivity contribution in [2.45, 2.75) is 37.6 Å². The first-order chi connectivity index (χ1) is 10.1. The van der Waals surface area contributed by atoms with Gasteiger partial charge in [-0.05, 0) is 41.7 Å². The number of fused-ring (bicyclic) bond motifs is 1. The normalized spacial score (nSPS) is 16.4. The summed E-state index contributed by atoms with van der Waals surface area (Å²) >= 11 is 1.63. The first kappa shape index (κ1) is 14.1. The molecule has 110 valence electrons. The molecule has 0 saturated heterocycles. The zero-order valence-electron chi connectivity index (χ0n) is 11.6. The number of rotatable bonds is 5. The third-order valence-electron chi connectivity index (χ3n) is 4.12. The number of nitrogens with one attached hydrogen (secondary N) is 1. The van der Waals surface area contributed by atoms with Crippen molar-refractivity contribution >= 4 is 33.3 Å². The number of carbonyl (C=O) groups is 2. The molecule has 21 heavy (non-hydrogen) atoms. The Morgan fingerprint density at radius 2 is 2.05 bits per heavy atom. The molecule has 1 heterocycles. The lowest BCUT2D eigenvalue weighted by atomic mass is 9.74. The van der Waals surface area contributed by atoms with Crippen molar-refractivity contribution in [2.24, 2.45) is 0 Å². The lowest BCUT2D eigenvalue weighted by Gasteiger charge is -2.41. The van der Waals surface area contributed by atoms with Crippen LogP contribution in [0.1, 0.15) is 31.2 Å². The van der Waals surface area contributed by atoms with Gasteiger partial charge in [-0.2, -0.15) is 0 Å². The molecule has 0 atom stereocenters. The third kappa shape index (κ3) is 2.93. The average Bonchev–Trinajstić information content (AvgIpc) is 2.79. The molecular weight excluding hydrogens is 286 g/mol. The Morgan fingerprint density at radius 3 is 2.71 bits per heavy atom. The number of carbonyl (C=O) groups excluding carboxylic acids is 1. The first-order valence-corrected chi connectivity index (χ1v) is 7.94. The summed E-state index contributed by atoms with van der Waals surface area (Å²) in [6.45, 7) is 0. The molecule has 0 bridgehead atoms. The summed E-state index contributed by atoms with van der Waals surface area (Å²) in [6.07, 6.45) is 2.83. The second kappa shape index (κ2) is 5.48. The number of thiophene rings is 1. The fraction of sp³-hybridized carbons (Fsp3) is 0.375. The summed E-state index contributed by atoms with van der Waals surface area (Å²) in [5.41, 5.74) is 0.493. The van der Waals surface area contributed by atoms with Gasteiger partial charge in [-0.15, -0.1) is 11.3 Å². The van der Waals surface area contributed by atoms with E-state index in [1.54, 1.807) is 11.3 Å². The maximum Gasteiger partial charge on any atom is 0.305 e. The van der Waals surface area contributed by atoms with Gasteiger partial charge in [-0.25, -0.2) is 0 Å². The van der Waals surface area contributed by atoms with E-state index >= 15 is 0 Å². The monoisotopic (exact) mass is 303 g/mol. The van der Waals surface area contributed by atoms with Crippen molar-refractivity contribution in [3.05, 3.63) is 35.2 Å². The molecule has 1 aromatic carbocycles. The van der Waals surface area contributed by atoms with E-state index in [2.05, 4.69) is 5.32 Å². The Balaban J connectivity index is 1.70. The minimum absolute atomic E-state index is 0.0170. The van der Waals surface area contributed by atoms with E-state index in [-0.39, 0.29) is 12.3 Å². The van der Waals surface area contributed by atoms with E-state index in [9.17, 15) is 9.59 Å². The van der Waals surface area contributed by atoms with Crippen molar-refractivity contribution in [3.8, 4) is 0 Å². The largest absolute Gasteiger partial charge is 0.481 e. The number of carboxylic acid groups (broad SMARTS) is 1. The lowest BCUT2D eigenvalue weighted by Crippen LogP contribution is -2.55. The molecule has 1 aliphatic rings. The molecule has 0 radical (unpaired) electrons. The van der Waals surface area contributed by atoms with Crippen LogP contribution >= 0.6 is 11.3 Å². The molecule has 1 amide bonds. The number of aliphatic carboxylic acids is 1. The topological polar surface area (TPSA) is 66.4 Å². The van der Waals surface area contributed by atoms with Gasteiger partial charge in [0.1, 0.15) is 0 Å². The van der Waals surface area contributed by atoms with E-state index in [1.165, 1.54) is 4.70 Å². The van der Waals surface area contributed by atoms with Crippen LogP contribution in [0.15, 0.2) is 29.6 Å². The number of hydrogen-bond donors (Lipinski definition) is 2. The van der Waals surface area contributed by atoms with Crippen LogP contribution < -0.4 is 5.32 Å². The van der Waals surface area contributed by atoms with Crippen LogP contribution in [0.25, 0.3) is 10.1 Å². The number of carboxylic acids is 1. The van der Waals surface area contributed by atoms with Crippen molar-refractivity contribution in [1.82, 2.24) is 5.32 Å². The molecule has 2 aromatic rings. The minimum Gasteiger partial charge on any atom is -0.481 e. The van der Waals surface area contributed by atoms with Gasteiger partial charge in [-0.1, -0.05) is 18.2 Å². The van der Waals surface area contributed by atoms with Crippen LogP contribution in [0.3, 0.4) is 0 Å². The smallest absolute Gasteiger partial charge is 0.305 e. The quantitative estimate of drug-likeness (QED) is 0.892. The highest BCUT2D eigenvalue weighted by Gasteiger charge is 2.40. The fourth-order valence-corrected chi connectivity index (χ4v) is 3.88. The molecule has 2 N–H and O–H groups in total. The molecule has 1 aliphatic carbocycles. The Labute approximate surface area is 126 Å². The van der Waals surface area contributed by atoms with Gasteiger partial charge in [0.05, 0.1) is 18.4 Å². The average molecular weight is 303 g/mol. The predicted octanol–water partition coefficient (Wildman–Crippen LogP) is 2.96. The molecule has 1 aromatic heterocycles. The zero-order chi connectivity index (χ0) is 14.9. The molecule has 3 rings (SSSR count). The van der Waals surface area contributed by atoms with Crippen LogP contribution in [0, 0.1) is 0 Å². The Kier molecular flexibility index (Phi) is 3.68. The summed E-state index contributed by atoms with van der Waals surface area (Å²) in [5.74, 6) is -0.935. The van der Waals surface area contributed by atoms with Gasteiger partial charge in [0, 0.05) is 4.70 Å². The molecule has 0 unspecified atom stereocenters. The molecule has 4 nitrogen and oxygen atoms in total. The van der Waals surface area contributed by atoms with Crippen LogP contribution in [0.2, 0.25) is 0 Å². The molecular formula is C16H17NO3S. The second-order valence-electron chi connectivity index (χ2n) is 5.69. The highest BCUT2D eigenvalue weighted by atomic mass is 32.1. The maximum absolute atomic E-state index is 12.2. The van der Waals surface area contributed by atoms with E-state index in [1.807, 2.05) is 29.6 Å². The number of amides is 1. The van der Waals surface area contributed by atoms with Crippen LogP contribution in [0.4, 0.5) is 0 Å². The third-order valence-corrected chi connectivity index (χ3v) is 5.13. The van der Waals surface area contributed by atoms with Crippen molar-refractivity contribution in [2.75, 3.05) is 0 Å². The summed E-state index contributed by atoms with van der Waals surface area (Å²) in [6, 6.07) is 8.01. The summed E-state index contributed by atoms with van der Waals surface area (Å²) in [7, 11) is 0.